The summed E-state index contributed by atoms with van der Waals surface area (Å²) in [6.07, 6.45) is 1.41. The number of carbonyl (C=O) groups is 1. The van der Waals surface area contributed by atoms with E-state index in [0.29, 0.717) is 24.5 Å². The van der Waals surface area contributed by atoms with Crippen molar-refractivity contribution in [3.05, 3.63) is 41.4 Å². The fraction of sp³-hybridized carbons (Fsp3) is 0.214. The molecule has 0 radical (unpaired) electrons. The molecule has 1 fully saturated rings. The van der Waals surface area contributed by atoms with Crippen molar-refractivity contribution in [2.24, 2.45) is 0 Å². The SMILES string of the molecule is N#Cc1ccc(OC2CN(C(=O)Nc3cccs3)C2)nc1. The molecule has 0 aliphatic carbocycles. The molecular weight excluding hydrogens is 288 g/mol. The van der Waals surface area contributed by atoms with Crippen LogP contribution in [0.5, 0.6) is 5.88 Å². The predicted molar refractivity (Wildman–Crippen MR) is 78.3 cm³/mol. The van der Waals surface area contributed by atoms with Gasteiger partial charge in [-0.2, -0.15) is 5.26 Å². The van der Waals surface area contributed by atoms with E-state index in [9.17, 15) is 4.79 Å². The highest BCUT2D eigenvalue weighted by molar-refractivity contribution is 7.14. The number of thiophene rings is 1. The topological polar surface area (TPSA) is 78.2 Å². The number of aromatic nitrogens is 1. The summed E-state index contributed by atoms with van der Waals surface area (Å²) in [6.45, 7) is 1.05. The molecule has 1 aliphatic rings. The molecule has 7 heteroatoms. The van der Waals surface area contributed by atoms with Gasteiger partial charge < -0.3 is 9.64 Å². The third-order valence-electron chi connectivity index (χ3n) is 3.04. The molecule has 1 saturated heterocycles. The van der Waals surface area contributed by atoms with Gasteiger partial charge in [-0.1, -0.05) is 0 Å². The van der Waals surface area contributed by atoms with Crippen LogP contribution < -0.4 is 10.1 Å². The molecule has 0 saturated carbocycles. The van der Waals surface area contributed by atoms with E-state index in [1.54, 1.807) is 17.0 Å². The Kier molecular flexibility index (Phi) is 3.71. The van der Waals surface area contributed by atoms with E-state index < -0.39 is 0 Å². The number of hydrogen-bond donors (Lipinski definition) is 1. The zero-order valence-corrected chi connectivity index (χ0v) is 11.8. The van der Waals surface area contributed by atoms with Gasteiger partial charge in [-0.05, 0) is 23.6 Å². The third kappa shape index (κ3) is 3.12. The lowest BCUT2D eigenvalue weighted by Gasteiger charge is -2.38. The van der Waals surface area contributed by atoms with Crippen molar-refractivity contribution in [2.75, 3.05) is 18.4 Å². The number of urea groups is 1. The Morgan fingerprint density at radius 2 is 2.33 bits per heavy atom. The van der Waals surface area contributed by atoms with E-state index in [-0.39, 0.29) is 12.1 Å². The molecule has 1 aliphatic heterocycles. The maximum atomic E-state index is 11.9. The molecule has 0 atom stereocenters. The first-order valence-electron chi connectivity index (χ1n) is 6.37. The van der Waals surface area contributed by atoms with Gasteiger partial charge in [0.25, 0.3) is 0 Å². The van der Waals surface area contributed by atoms with E-state index in [1.807, 2.05) is 23.6 Å². The van der Waals surface area contributed by atoms with Crippen molar-refractivity contribution >= 4 is 22.4 Å². The normalized spacial score (nSPS) is 14.1. The molecule has 3 rings (SSSR count). The molecule has 2 amide bonds. The Hall–Kier alpha value is -2.59. The predicted octanol–water partition coefficient (Wildman–Crippen LogP) is 2.31. The number of hydrogen-bond acceptors (Lipinski definition) is 5. The fourth-order valence-corrected chi connectivity index (χ4v) is 2.51. The van der Waals surface area contributed by atoms with Crippen molar-refractivity contribution in [3.63, 3.8) is 0 Å². The zero-order chi connectivity index (χ0) is 14.7. The number of nitrogens with one attached hydrogen (secondary N) is 1. The van der Waals surface area contributed by atoms with Crippen LogP contribution >= 0.6 is 11.3 Å². The summed E-state index contributed by atoms with van der Waals surface area (Å²) >= 11 is 1.48. The smallest absolute Gasteiger partial charge is 0.322 e. The van der Waals surface area contributed by atoms with Crippen molar-refractivity contribution < 1.29 is 9.53 Å². The number of nitrogens with zero attached hydrogens (tertiary/aromatic N) is 3. The van der Waals surface area contributed by atoms with Crippen molar-refractivity contribution in [1.82, 2.24) is 9.88 Å². The van der Waals surface area contributed by atoms with Gasteiger partial charge in [0.15, 0.2) is 0 Å². The Balaban J connectivity index is 1.47. The van der Waals surface area contributed by atoms with E-state index in [4.69, 9.17) is 10.00 Å². The first-order valence-corrected chi connectivity index (χ1v) is 7.25. The van der Waals surface area contributed by atoms with E-state index in [0.717, 1.165) is 5.00 Å². The number of anilines is 1. The van der Waals surface area contributed by atoms with Crippen LogP contribution in [0.3, 0.4) is 0 Å². The molecule has 3 heterocycles. The largest absolute Gasteiger partial charge is 0.471 e. The third-order valence-corrected chi connectivity index (χ3v) is 3.82. The van der Waals surface area contributed by atoms with Gasteiger partial charge in [0.05, 0.1) is 23.7 Å². The molecule has 0 unspecified atom stereocenters. The van der Waals surface area contributed by atoms with Crippen LogP contribution in [0.1, 0.15) is 5.56 Å². The Morgan fingerprint density at radius 3 is 2.95 bits per heavy atom. The van der Waals surface area contributed by atoms with Gasteiger partial charge >= 0.3 is 6.03 Å². The van der Waals surface area contributed by atoms with Crippen LogP contribution in [0, 0.1) is 11.3 Å². The summed E-state index contributed by atoms with van der Waals surface area (Å²) < 4.78 is 5.63. The average molecular weight is 300 g/mol. The molecule has 6 nitrogen and oxygen atoms in total. The molecule has 0 spiro atoms. The summed E-state index contributed by atoms with van der Waals surface area (Å²) in [7, 11) is 0. The maximum Gasteiger partial charge on any atom is 0.322 e. The van der Waals surface area contributed by atoms with Crippen LogP contribution in [-0.4, -0.2) is 35.1 Å². The number of likely N-dealkylation sites (tertiary alicyclic amines) is 1. The summed E-state index contributed by atoms with van der Waals surface area (Å²) in [6, 6.07) is 8.94. The quantitative estimate of drug-likeness (QED) is 0.943. The van der Waals surface area contributed by atoms with Crippen LogP contribution in [0.4, 0.5) is 9.80 Å². The van der Waals surface area contributed by atoms with Crippen LogP contribution in [0.2, 0.25) is 0 Å². The zero-order valence-electron chi connectivity index (χ0n) is 11.0. The summed E-state index contributed by atoms with van der Waals surface area (Å²) in [5, 5.41) is 14.3. The van der Waals surface area contributed by atoms with Crippen LogP contribution in [0.15, 0.2) is 35.8 Å². The highest BCUT2D eigenvalue weighted by Gasteiger charge is 2.32. The second-order valence-corrected chi connectivity index (χ2v) is 5.50. The molecule has 0 bridgehead atoms. The van der Waals surface area contributed by atoms with Crippen molar-refractivity contribution in [3.8, 4) is 11.9 Å². The lowest BCUT2D eigenvalue weighted by molar-refractivity contribution is 0.0461. The Bertz CT molecular complexity index is 657. The molecule has 0 aromatic carbocycles. The number of ether oxygens (including phenoxy) is 1. The number of pyridine rings is 1. The van der Waals surface area contributed by atoms with Crippen LogP contribution in [0.25, 0.3) is 0 Å². The summed E-state index contributed by atoms with van der Waals surface area (Å²) in [5.41, 5.74) is 0.493. The van der Waals surface area contributed by atoms with Crippen molar-refractivity contribution in [2.45, 2.75) is 6.10 Å². The van der Waals surface area contributed by atoms with Crippen LogP contribution in [-0.2, 0) is 0 Å². The first-order chi connectivity index (χ1) is 10.2. The second-order valence-electron chi connectivity index (χ2n) is 4.55. The number of nitriles is 1. The molecule has 21 heavy (non-hydrogen) atoms. The summed E-state index contributed by atoms with van der Waals surface area (Å²) in [5.74, 6) is 0.470. The molecular formula is C14H12N4O2S. The second kappa shape index (κ2) is 5.81. The van der Waals surface area contributed by atoms with E-state index in [1.165, 1.54) is 17.5 Å². The Labute approximate surface area is 125 Å². The average Bonchev–Trinajstić information content (AvgIpc) is 2.95. The molecule has 106 valence electrons. The number of rotatable bonds is 3. The lowest BCUT2D eigenvalue weighted by Crippen LogP contribution is -2.57. The maximum absolute atomic E-state index is 11.9. The lowest BCUT2D eigenvalue weighted by atomic mass is 10.2. The van der Waals surface area contributed by atoms with Gasteiger partial charge in [0.1, 0.15) is 12.2 Å². The minimum atomic E-state index is -0.120. The number of carbonyl (C=O) groups excluding carboxylic acids is 1. The van der Waals surface area contributed by atoms with Gasteiger partial charge in [-0.15, -0.1) is 11.3 Å². The highest BCUT2D eigenvalue weighted by Crippen LogP contribution is 2.19. The molecule has 1 N–H and O–H groups in total. The highest BCUT2D eigenvalue weighted by atomic mass is 32.1. The standard InChI is InChI=1S/C14H12N4O2S/c15-6-10-3-4-12(16-7-10)20-11-8-18(9-11)14(19)17-13-2-1-5-21-13/h1-5,7,11H,8-9H2,(H,17,19). The Morgan fingerprint density at radius 1 is 1.48 bits per heavy atom. The number of amides is 2. The fourth-order valence-electron chi connectivity index (χ4n) is 1.90. The minimum Gasteiger partial charge on any atom is -0.471 e. The van der Waals surface area contributed by atoms with Gasteiger partial charge in [0, 0.05) is 12.3 Å². The summed E-state index contributed by atoms with van der Waals surface area (Å²) in [4.78, 5) is 17.6. The van der Waals surface area contributed by atoms with Gasteiger partial charge in [-0.25, -0.2) is 9.78 Å². The molecule has 2 aromatic rings. The molecule has 2 aromatic heterocycles. The van der Waals surface area contributed by atoms with Gasteiger partial charge in [-0.3, -0.25) is 5.32 Å². The minimum absolute atomic E-state index is 0.0560. The monoisotopic (exact) mass is 300 g/mol. The van der Waals surface area contributed by atoms with Crippen molar-refractivity contribution in [1.29, 1.82) is 5.26 Å². The van der Waals surface area contributed by atoms with Gasteiger partial charge in [0.2, 0.25) is 5.88 Å². The van der Waals surface area contributed by atoms with E-state index in [2.05, 4.69) is 10.3 Å². The first kappa shape index (κ1) is 13.4. The van der Waals surface area contributed by atoms with E-state index >= 15 is 0 Å².